The molecule has 3 heteroatoms. The lowest BCUT2D eigenvalue weighted by Gasteiger charge is -2.17. The van der Waals surface area contributed by atoms with E-state index in [1.807, 2.05) is 42.5 Å². The SMILES string of the molecule is CCCCCc1ccccc1Oc1cccc(O)c1Oc1ccccc1CCCCC. The number of rotatable bonds is 12. The lowest BCUT2D eigenvalue weighted by molar-refractivity contribution is 0.377. The van der Waals surface area contributed by atoms with Crippen LogP contribution in [-0.4, -0.2) is 5.11 Å². The van der Waals surface area contributed by atoms with Gasteiger partial charge in [-0.05, 0) is 61.1 Å². The molecule has 0 heterocycles. The van der Waals surface area contributed by atoms with E-state index in [4.69, 9.17) is 9.47 Å². The molecule has 164 valence electrons. The summed E-state index contributed by atoms with van der Waals surface area (Å²) >= 11 is 0. The number of phenols is 1. The van der Waals surface area contributed by atoms with Crippen molar-refractivity contribution >= 4 is 0 Å². The van der Waals surface area contributed by atoms with E-state index >= 15 is 0 Å². The van der Waals surface area contributed by atoms with E-state index in [0.29, 0.717) is 11.5 Å². The van der Waals surface area contributed by atoms with Gasteiger partial charge in [0.05, 0.1) is 0 Å². The van der Waals surface area contributed by atoms with Gasteiger partial charge in [-0.1, -0.05) is 82.0 Å². The number of aryl methyl sites for hydroxylation is 2. The second-order valence-electron chi connectivity index (χ2n) is 7.94. The first kappa shape index (κ1) is 22.7. The lowest BCUT2D eigenvalue weighted by Crippen LogP contribution is -1.97. The van der Waals surface area contributed by atoms with Crippen LogP contribution in [0, 0.1) is 0 Å². The zero-order chi connectivity index (χ0) is 21.9. The molecular formula is C28H34O3. The Balaban J connectivity index is 1.84. The van der Waals surface area contributed by atoms with Crippen LogP contribution in [0.25, 0.3) is 0 Å². The summed E-state index contributed by atoms with van der Waals surface area (Å²) in [5.74, 6) is 2.52. The number of aromatic hydroxyl groups is 1. The van der Waals surface area contributed by atoms with Gasteiger partial charge in [0.1, 0.15) is 11.5 Å². The molecule has 0 bridgehead atoms. The van der Waals surface area contributed by atoms with E-state index in [2.05, 4.69) is 26.0 Å². The van der Waals surface area contributed by atoms with Crippen molar-refractivity contribution in [3.05, 3.63) is 77.9 Å². The first-order valence-corrected chi connectivity index (χ1v) is 11.6. The van der Waals surface area contributed by atoms with E-state index in [-0.39, 0.29) is 5.75 Å². The predicted octanol–water partition coefficient (Wildman–Crippen LogP) is 8.44. The van der Waals surface area contributed by atoms with Crippen LogP contribution < -0.4 is 9.47 Å². The Kier molecular flexibility index (Phi) is 8.84. The van der Waals surface area contributed by atoms with Gasteiger partial charge in [0.25, 0.3) is 0 Å². The van der Waals surface area contributed by atoms with Crippen molar-refractivity contribution in [1.82, 2.24) is 0 Å². The molecule has 3 nitrogen and oxygen atoms in total. The molecule has 3 rings (SSSR count). The normalized spacial score (nSPS) is 10.8. The molecule has 3 aromatic rings. The minimum atomic E-state index is 0.0734. The van der Waals surface area contributed by atoms with Crippen LogP contribution in [0.5, 0.6) is 28.7 Å². The highest BCUT2D eigenvalue weighted by Crippen LogP contribution is 2.43. The van der Waals surface area contributed by atoms with E-state index < -0.39 is 0 Å². The standard InChI is InChI=1S/C28H34O3/c1-3-5-7-14-22-16-9-11-19-25(22)30-27-21-13-18-24(29)28(27)31-26-20-12-10-17-23(26)15-8-6-4-2/h9-13,16-21,29H,3-8,14-15H2,1-2H3. The summed E-state index contributed by atoms with van der Waals surface area (Å²) in [5, 5.41) is 10.6. The first-order valence-electron chi connectivity index (χ1n) is 11.6. The van der Waals surface area contributed by atoms with Crippen LogP contribution in [0.2, 0.25) is 0 Å². The van der Waals surface area contributed by atoms with Crippen molar-refractivity contribution in [2.75, 3.05) is 0 Å². The van der Waals surface area contributed by atoms with E-state index in [0.717, 1.165) is 42.7 Å². The van der Waals surface area contributed by atoms with Crippen molar-refractivity contribution < 1.29 is 14.6 Å². The summed E-state index contributed by atoms with van der Waals surface area (Å²) in [6.45, 7) is 4.41. The molecule has 0 saturated heterocycles. The van der Waals surface area contributed by atoms with Crippen molar-refractivity contribution in [2.24, 2.45) is 0 Å². The number of benzene rings is 3. The summed E-state index contributed by atoms with van der Waals surface area (Å²) in [4.78, 5) is 0. The van der Waals surface area contributed by atoms with Crippen LogP contribution in [0.4, 0.5) is 0 Å². The molecule has 31 heavy (non-hydrogen) atoms. The smallest absolute Gasteiger partial charge is 0.211 e. The molecule has 0 aliphatic heterocycles. The molecule has 0 aliphatic rings. The number of ether oxygens (including phenoxy) is 2. The third kappa shape index (κ3) is 6.52. The Morgan fingerprint density at radius 2 is 1.10 bits per heavy atom. The zero-order valence-electron chi connectivity index (χ0n) is 18.8. The quantitative estimate of drug-likeness (QED) is 0.300. The molecular weight excluding hydrogens is 384 g/mol. The predicted molar refractivity (Wildman–Crippen MR) is 128 cm³/mol. The first-order chi connectivity index (χ1) is 15.2. The third-order valence-electron chi connectivity index (χ3n) is 5.43. The highest BCUT2D eigenvalue weighted by molar-refractivity contribution is 5.55. The van der Waals surface area contributed by atoms with Crippen molar-refractivity contribution in [3.8, 4) is 28.7 Å². The fourth-order valence-corrected chi connectivity index (χ4v) is 3.67. The van der Waals surface area contributed by atoms with E-state index in [9.17, 15) is 5.11 Å². The van der Waals surface area contributed by atoms with Gasteiger partial charge in [-0.25, -0.2) is 0 Å². The molecule has 0 radical (unpaired) electrons. The van der Waals surface area contributed by atoms with Gasteiger partial charge in [-0.2, -0.15) is 0 Å². The van der Waals surface area contributed by atoms with Crippen molar-refractivity contribution in [3.63, 3.8) is 0 Å². The largest absolute Gasteiger partial charge is 0.504 e. The van der Waals surface area contributed by atoms with Gasteiger partial charge >= 0.3 is 0 Å². The maximum atomic E-state index is 10.6. The maximum Gasteiger partial charge on any atom is 0.211 e. The summed E-state index contributed by atoms with van der Waals surface area (Å²) in [5.41, 5.74) is 2.32. The second-order valence-corrected chi connectivity index (χ2v) is 7.94. The van der Waals surface area contributed by atoms with Gasteiger partial charge in [-0.3, -0.25) is 0 Å². The number of hydrogen-bond acceptors (Lipinski definition) is 3. The van der Waals surface area contributed by atoms with Crippen LogP contribution in [0.3, 0.4) is 0 Å². The van der Waals surface area contributed by atoms with Crippen molar-refractivity contribution in [2.45, 2.75) is 65.2 Å². The Labute approximate surface area is 186 Å². The lowest BCUT2D eigenvalue weighted by atomic mass is 10.1. The average Bonchev–Trinajstić information content (AvgIpc) is 2.78. The monoisotopic (exact) mass is 418 g/mol. The fourth-order valence-electron chi connectivity index (χ4n) is 3.67. The molecule has 0 atom stereocenters. The topological polar surface area (TPSA) is 38.7 Å². The summed E-state index contributed by atoms with van der Waals surface area (Å²) in [7, 11) is 0. The fraction of sp³-hybridized carbons (Fsp3) is 0.357. The minimum absolute atomic E-state index is 0.0734. The number of para-hydroxylation sites is 3. The van der Waals surface area contributed by atoms with Gasteiger partial charge < -0.3 is 14.6 Å². The number of hydrogen-bond donors (Lipinski definition) is 1. The Morgan fingerprint density at radius 1 is 0.581 bits per heavy atom. The van der Waals surface area contributed by atoms with Crippen LogP contribution in [0.15, 0.2) is 66.7 Å². The van der Waals surface area contributed by atoms with E-state index in [1.165, 1.54) is 31.2 Å². The molecule has 0 unspecified atom stereocenters. The average molecular weight is 419 g/mol. The zero-order valence-corrected chi connectivity index (χ0v) is 18.8. The Morgan fingerprint density at radius 3 is 1.68 bits per heavy atom. The number of unbranched alkanes of at least 4 members (excludes halogenated alkanes) is 4. The highest BCUT2D eigenvalue weighted by Gasteiger charge is 2.16. The number of phenolic OH excluding ortho intramolecular Hbond substituents is 1. The van der Waals surface area contributed by atoms with Gasteiger partial charge in [0.15, 0.2) is 11.5 Å². The highest BCUT2D eigenvalue weighted by atomic mass is 16.5. The van der Waals surface area contributed by atoms with Gasteiger partial charge in [0, 0.05) is 0 Å². The third-order valence-corrected chi connectivity index (χ3v) is 5.43. The minimum Gasteiger partial charge on any atom is -0.504 e. The van der Waals surface area contributed by atoms with Crippen LogP contribution >= 0.6 is 0 Å². The summed E-state index contributed by atoms with van der Waals surface area (Å²) in [6, 6.07) is 21.4. The molecule has 0 spiro atoms. The van der Waals surface area contributed by atoms with Gasteiger partial charge in [0.2, 0.25) is 5.75 Å². The maximum absolute atomic E-state index is 10.6. The second kappa shape index (κ2) is 12.0. The molecule has 0 saturated carbocycles. The van der Waals surface area contributed by atoms with Crippen LogP contribution in [-0.2, 0) is 12.8 Å². The van der Waals surface area contributed by atoms with Gasteiger partial charge in [-0.15, -0.1) is 0 Å². The van der Waals surface area contributed by atoms with Crippen LogP contribution in [0.1, 0.15) is 63.5 Å². The molecule has 1 N–H and O–H groups in total. The molecule has 0 amide bonds. The Bertz CT molecular complexity index is 948. The molecule has 0 aromatic heterocycles. The summed E-state index contributed by atoms with van der Waals surface area (Å²) in [6.07, 6.45) is 8.92. The summed E-state index contributed by atoms with van der Waals surface area (Å²) < 4.78 is 12.5. The molecule has 0 fully saturated rings. The van der Waals surface area contributed by atoms with E-state index in [1.54, 1.807) is 12.1 Å². The molecule has 0 aliphatic carbocycles. The van der Waals surface area contributed by atoms with Crippen molar-refractivity contribution in [1.29, 1.82) is 0 Å². The molecule has 3 aromatic carbocycles. The Hall–Kier alpha value is -2.94.